The van der Waals surface area contributed by atoms with Gasteiger partial charge >= 0.3 is 0 Å². The van der Waals surface area contributed by atoms with Crippen molar-refractivity contribution in [2.75, 3.05) is 11.1 Å². The first-order chi connectivity index (χ1) is 9.24. The lowest BCUT2D eigenvalue weighted by Gasteiger charge is -2.11. The SMILES string of the molecule is Nc1cnc2ccc(Br)cc2c1NCc1ccoc1. The lowest BCUT2D eigenvalue weighted by Crippen LogP contribution is -2.03. The third-order valence-electron chi connectivity index (χ3n) is 2.91. The van der Waals surface area contributed by atoms with Gasteiger partial charge in [-0.25, -0.2) is 0 Å². The van der Waals surface area contributed by atoms with Crippen molar-refractivity contribution >= 4 is 38.2 Å². The van der Waals surface area contributed by atoms with Crippen molar-refractivity contribution in [3.05, 3.63) is 53.0 Å². The number of anilines is 2. The normalized spacial score (nSPS) is 10.8. The van der Waals surface area contributed by atoms with E-state index in [-0.39, 0.29) is 0 Å². The second kappa shape index (κ2) is 4.93. The Bertz CT molecular complexity index is 705. The molecule has 0 spiro atoms. The number of benzene rings is 1. The van der Waals surface area contributed by atoms with E-state index in [1.165, 1.54) is 0 Å². The Morgan fingerprint density at radius 2 is 2.21 bits per heavy atom. The summed E-state index contributed by atoms with van der Waals surface area (Å²) in [5.41, 5.74) is 9.52. The van der Waals surface area contributed by atoms with E-state index in [4.69, 9.17) is 10.2 Å². The molecule has 0 aliphatic heterocycles. The zero-order chi connectivity index (χ0) is 13.2. The minimum atomic E-state index is 0.633. The number of aromatic nitrogens is 1. The van der Waals surface area contributed by atoms with E-state index in [9.17, 15) is 0 Å². The van der Waals surface area contributed by atoms with Gasteiger partial charge in [0.05, 0.1) is 35.6 Å². The minimum absolute atomic E-state index is 0.633. The van der Waals surface area contributed by atoms with Gasteiger partial charge in [-0.15, -0.1) is 0 Å². The van der Waals surface area contributed by atoms with Gasteiger partial charge in [-0.2, -0.15) is 0 Å². The van der Waals surface area contributed by atoms with Crippen molar-refractivity contribution in [3.63, 3.8) is 0 Å². The second-order valence-electron chi connectivity index (χ2n) is 4.24. The number of nitrogens with zero attached hydrogens (tertiary/aromatic N) is 1. The molecule has 0 aliphatic rings. The van der Waals surface area contributed by atoms with E-state index in [0.29, 0.717) is 12.2 Å². The fourth-order valence-electron chi connectivity index (χ4n) is 1.96. The average molecular weight is 318 g/mol. The molecule has 0 fully saturated rings. The summed E-state index contributed by atoms with van der Waals surface area (Å²) in [6.45, 7) is 0.659. The molecular weight excluding hydrogens is 306 g/mol. The molecule has 2 heterocycles. The molecule has 96 valence electrons. The first kappa shape index (κ1) is 12.0. The highest BCUT2D eigenvalue weighted by Gasteiger charge is 2.07. The predicted octanol–water partition coefficient (Wildman–Crippen LogP) is 3.78. The summed E-state index contributed by atoms with van der Waals surface area (Å²) in [6.07, 6.45) is 5.04. The highest BCUT2D eigenvalue weighted by atomic mass is 79.9. The van der Waals surface area contributed by atoms with E-state index in [1.54, 1.807) is 18.7 Å². The molecule has 0 amide bonds. The molecule has 19 heavy (non-hydrogen) atoms. The van der Waals surface area contributed by atoms with Crippen LogP contribution in [0.15, 0.2) is 51.9 Å². The zero-order valence-electron chi connectivity index (χ0n) is 10.1. The van der Waals surface area contributed by atoms with E-state index in [2.05, 4.69) is 26.2 Å². The van der Waals surface area contributed by atoms with Crippen molar-refractivity contribution in [2.24, 2.45) is 0 Å². The fourth-order valence-corrected chi connectivity index (χ4v) is 2.32. The number of hydrogen-bond donors (Lipinski definition) is 2. The number of nitrogens with one attached hydrogen (secondary N) is 1. The van der Waals surface area contributed by atoms with Crippen LogP contribution in [-0.4, -0.2) is 4.98 Å². The van der Waals surface area contributed by atoms with Gasteiger partial charge in [0.1, 0.15) is 0 Å². The maximum Gasteiger partial charge on any atom is 0.0952 e. The van der Waals surface area contributed by atoms with Crippen LogP contribution in [0.2, 0.25) is 0 Å². The topological polar surface area (TPSA) is 64.1 Å². The van der Waals surface area contributed by atoms with Crippen LogP contribution in [0.1, 0.15) is 5.56 Å². The molecule has 2 aromatic heterocycles. The van der Waals surface area contributed by atoms with Gasteiger partial charge in [-0.05, 0) is 24.3 Å². The van der Waals surface area contributed by atoms with Crippen LogP contribution >= 0.6 is 15.9 Å². The van der Waals surface area contributed by atoms with Gasteiger partial charge in [0.15, 0.2) is 0 Å². The smallest absolute Gasteiger partial charge is 0.0952 e. The molecule has 5 heteroatoms. The monoisotopic (exact) mass is 317 g/mol. The van der Waals surface area contributed by atoms with Crippen LogP contribution < -0.4 is 11.1 Å². The summed E-state index contributed by atoms with van der Waals surface area (Å²) >= 11 is 3.47. The van der Waals surface area contributed by atoms with E-state index >= 15 is 0 Å². The van der Waals surface area contributed by atoms with E-state index in [1.807, 2.05) is 24.3 Å². The average Bonchev–Trinajstić information content (AvgIpc) is 2.91. The Kier molecular flexibility index (Phi) is 3.13. The van der Waals surface area contributed by atoms with Gasteiger partial charge in [0.2, 0.25) is 0 Å². The molecule has 0 aliphatic carbocycles. The summed E-state index contributed by atoms with van der Waals surface area (Å²) in [5, 5.41) is 4.34. The van der Waals surface area contributed by atoms with Gasteiger partial charge in [-0.3, -0.25) is 4.98 Å². The van der Waals surface area contributed by atoms with Crippen molar-refractivity contribution in [1.29, 1.82) is 0 Å². The first-order valence-corrected chi connectivity index (χ1v) is 6.62. The van der Waals surface area contributed by atoms with E-state index in [0.717, 1.165) is 26.6 Å². The van der Waals surface area contributed by atoms with Crippen molar-refractivity contribution in [1.82, 2.24) is 4.98 Å². The summed E-state index contributed by atoms with van der Waals surface area (Å²) in [5.74, 6) is 0. The van der Waals surface area contributed by atoms with Crippen LogP contribution in [-0.2, 0) is 6.54 Å². The summed E-state index contributed by atoms with van der Waals surface area (Å²) in [4.78, 5) is 4.32. The molecule has 3 N–H and O–H groups in total. The molecule has 4 nitrogen and oxygen atoms in total. The van der Waals surface area contributed by atoms with Gasteiger partial charge < -0.3 is 15.5 Å². The van der Waals surface area contributed by atoms with Crippen LogP contribution in [0.4, 0.5) is 11.4 Å². The maximum atomic E-state index is 6.01. The third kappa shape index (κ3) is 2.42. The van der Waals surface area contributed by atoms with Crippen LogP contribution in [0, 0.1) is 0 Å². The third-order valence-corrected chi connectivity index (χ3v) is 3.40. The fraction of sp³-hybridized carbons (Fsp3) is 0.0714. The number of nitrogens with two attached hydrogens (primary N) is 1. The van der Waals surface area contributed by atoms with Crippen LogP contribution in [0.5, 0.6) is 0 Å². The van der Waals surface area contributed by atoms with Crippen LogP contribution in [0.3, 0.4) is 0 Å². The van der Waals surface area contributed by atoms with Crippen molar-refractivity contribution < 1.29 is 4.42 Å². The molecule has 0 unspecified atom stereocenters. The predicted molar refractivity (Wildman–Crippen MR) is 79.9 cm³/mol. The van der Waals surface area contributed by atoms with Crippen LogP contribution in [0.25, 0.3) is 10.9 Å². The second-order valence-corrected chi connectivity index (χ2v) is 5.15. The summed E-state index contributed by atoms with van der Waals surface area (Å²) < 4.78 is 6.05. The zero-order valence-corrected chi connectivity index (χ0v) is 11.6. The highest BCUT2D eigenvalue weighted by Crippen LogP contribution is 2.30. The minimum Gasteiger partial charge on any atom is -0.472 e. The molecule has 3 rings (SSSR count). The maximum absolute atomic E-state index is 6.01. The van der Waals surface area contributed by atoms with Crippen molar-refractivity contribution in [3.8, 4) is 0 Å². The first-order valence-electron chi connectivity index (χ1n) is 5.83. The summed E-state index contributed by atoms with van der Waals surface area (Å²) in [7, 11) is 0. The number of hydrogen-bond acceptors (Lipinski definition) is 4. The quantitative estimate of drug-likeness (QED) is 0.771. The largest absolute Gasteiger partial charge is 0.472 e. The Morgan fingerprint density at radius 1 is 1.32 bits per heavy atom. The Morgan fingerprint density at radius 3 is 3.00 bits per heavy atom. The van der Waals surface area contributed by atoms with E-state index < -0.39 is 0 Å². The molecule has 0 saturated heterocycles. The Balaban J connectivity index is 2.01. The standard InChI is InChI=1S/C14H12BrN3O/c15-10-1-2-13-11(5-10)14(12(16)7-17-13)18-6-9-3-4-19-8-9/h1-5,7-8H,6,16H2,(H,17,18). The number of halogens is 1. The number of nitrogen functional groups attached to an aromatic ring is 1. The Labute approximate surface area is 118 Å². The van der Waals surface area contributed by atoms with Gasteiger partial charge in [0.25, 0.3) is 0 Å². The molecule has 1 aromatic carbocycles. The van der Waals surface area contributed by atoms with Gasteiger partial charge in [0, 0.05) is 22.0 Å². The molecule has 3 aromatic rings. The molecule has 0 radical (unpaired) electrons. The van der Waals surface area contributed by atoms with Crippen molar-refractivity contribution in [2.45, 2.75) is 6.54 Å². The molecular formula is C14H12BrN3O. The highest BCUT2D eigenvalue weighted by molar-refractivity contribution is 9.10. The van der Waals surface area contributed by atoms with Gasteiger partial charge in [-0.1, -0.05) is 15.9 Å². The molecule has 0 saturated carbocycles. The molecule has 0 atom stereocenters. The number of furan rings is 1. The lowest BCUT2D eigenvalue weighted by atomic mass is 10.1. The summed E-state index contributed by atoms with van der Waals surface area (Å²) in [6, 6.07) is 7.85. The Hall–Kier alpha value is -2.01. The lowest BCUT2D eigenvalue weighted by molar-refractivity contribution is 0.564. The number of rotatable bonds is 3. The number of fused-ring (bicyclic) bond motifs is 1. The molecule has 0 bridgehead atoms. The number of pyridine rings is 1.